The second-order valence-corrected chi connectivity index (χ2v) is 5.74. The van der Waals surface area contributed by atoms with Gasteiger partial charge in [-0.15, -0.1) is 0 Å². The monoisotopic (exact) mass is 323 g/mol. The Morgan fingerprint density at radius 2 is 2.09 bits per heavy atom. The molecule has 2 fully saturated rings. The molecule has 3 rings (SSSR count). The molecule has 1 aromatic carbocycles. The fourth-order valence-corrected chi connectivity index (χ4v) is 3.00. The minimum Gasteiger partial charge on any atom is -0.347 e. The van der Waals surface area contributed by atoms with E-state index >= 15 is 0 Å². The fraction of sp³-hybridized carbons (Fsp3) is 0.400. The molecule has 0 unspecified atom stereocenters. The summed E-state index contributed by atoms with van der Waals surface area (Å²) in [4.78, 5) is 37.4. The quantitative estimate of drug-likeness (QED) is 0.815. The summed E-state index contributed by atoms with van der Waals surface area (Å²) < 4.78 is 26.8. The van der Waals surface area contributed by atoms with Crippen LogP contribution in [-0.4, -0.2) is 47.3 Å². The van der Waals surface area contributed by atoms with Crippen LogP contribution in [0.15, 0.2) is 18.2 Å². The minimum absolute atomic E-state index is 0.171. The van der Waals surface area contributed by atoms with Crippen LogP contribution in [0.5, 0.6) is 0 Å². The van der Waals surface area contributed by atoms with Crippen molar-refractivity contribution in [3.05, 3.63) is 35.4 Å². The lowest BCUT2D eigenvalue weighted by atomic mass is 10.1. The highest BCUT2D eigenvalue weighted by Gasteiger charge is 2.45. The second-order valence-electron chi connectivity index (χ2n) is 5.74. The molecule has 0 spiro atoms. The third kappa shape index (κ3) is 2.64. The van der Waals surface area contributed by atoms with Crippen molar-refractivity contribution in [3.63, 3.8) is 0 Å². The molecule has 8 heteroatoms. The van der Waals surface area contributed by atoms with E-state index in [1.165, 1.54) is 17.0 Å². The van der Waals surface area contributed by atoms with Crippen LogP contribution in [-0.2, 0) is 9.59 Å². The number of amides is 3. The van der Waals surface area contributed by atoms with Crippen molar-refractivity contribution < 1.29 is 23.2 Å². The maximum atomic E-state index is 13.6. The first-order chi connectivity index (χ1) is 10.9. The Morgan fingerprint density at radius 3 is 2.83 bits per heavy atom. The molecule has 23 heavy (non-hydrogen) atoms. The number of carbonyl (C=O) groups excluding carboxylic acids is 3. The number of rotatable bonds is 2. The fourth-order valence-electron chi connectivity index (χ4n) is 3.00. The summed E-state index contributed by atoms with van der Waals surface area (Å²) in [5, 5.41) is 5.13. The van der Waals surface area contributed by atoms with E-state index in [1.807, 2.05) is 0 Å². The number of hydrogen-bond acceptors (Lipinski definition) is 3. The SMILES string of the molecule is C[C@H]1NC(=O)[C@@H]2C[C@H](NC(=O)c3cccc(F)c3F)CN2C1=O. The lowest BCUT2D eigenvalue weighted by molar-refractivity contribution is -0.146. The van der Waals surface area contributed by atoms with E-state index in [9.17, 15) is 23.2 Å². The average Bonchev–Trinajstić information content (AvgIpc) is 2.92. The molecule has 2 heterocycles. The van der Waals surface area contributed by atoms with Crippen LogP contribution in [0.3, 0.4) is 0 Å². The minimum atomic E-state index is -1.22. The Morgan fingerprint density at radius 1 is 1.35 bits per heavy atom. The van der Waals surface area contributed by atoms with Crippen molar-refractivity contribution >= 4 is 17.7 Å². The molecule has 0 bridgehead atoms. The highest BCUT2D eigenvalue weighted by atomic mass is 19.2. The molecule has 0 saturated carbocycles. The van der Waals surface area contributed by atoms with E-state index in [-0.39, 0.29) is 24.8 Å². The molecule has 0 aliphatic carbocycles. The van der Waals surface area contributed by atoms with Crippen LogP contribution in [0, 0.1) is 11.6 Å². The third-order valence-corrected chi connectivity index (χ3v) is 4.15. The summed E-state index contributed by atoms with van der Waals surface area (Å²) in [5.41, 5.74) is -0.404. The number of piperazine rings is 1. The van der Waals surface area contributed by atoms with E-state index in [1.54, 1.807) is 6.92 Å². The number of benzene rings is 1. The van der Waals surface area contributed by atoms with Crippen molar-refractivity contribution in [2.45, 2.75) is 31.5 Å². The van der Waals surface area contributed by atoms with Crippen LogP contribution in [0.2, 0.25) is 0 Å². The van der Waals surface area contributed by atoms with Gasteiger partial charge in [0.2, 0.25) is 11.8 Å². The molecule has 2 aliphatic rings. The van der Waals surface area contributed by atoms with Gasteiger partial charge in [-0.25, -0.2) is 8.78 Å². The zero-order valence-electron chi connectivity index (χ0n) is 12.3. The number of nitrogens with zero attached hydrogens (tertiary/aromatic N) is 1. The van der Waals surface area contributed by atoms with Gasteiger partial charge in [0.1, 0.15) is 12.1 Å². The molecular formula is C15H15F2N3O3. The van der Waals surface area contributed by atoms with Crippen molar-refractivity contribution in [3.8, 4) is 0 Å². The van der Waals surface area contributed by atoms with Crippen molar-refractivity contribution in [2.24, 2.45) is 0 Å². The molecule has 2 aliphatic heterocycles. The van der Waals surface area contributed by atoms with Gasteiger partial charge in [-0.1, -0.05) is 6.07 Å². The molecule has 0 aromatic heterocycles. The van der Waals surface area contributed by atoms with Gasteiger partial charge in [0.25, 0.3) is 5.91 Å². The Balaban J connectivity index is 1.73. The van der Waals surface area contributed by atoms with Gasteiger partial charge in [-0.2, -0.15) is 0 Å². The first-order valence-corrected chi connectivity index (χ1v) is 7.24. The number of hydrogen-bond donors (Lipinski definition) is 2. The molecule has 3 amide bonds. The molecule has 1 aromatic rings. The Labute approximate surface area is 130 Å². The normalized spacial score (nSPS) is 26.7. The van der Waals surface area contributed by atoms with Crippen LogP contribution < -0.4 is 10.6 Å². The van der Waals surface area contributed by atoms with Crippen LogP contribution in [0.4, 0.5) is 8.78 Å². The molecule has 122 valence electrons. The van der Waals surface area contributed by atoms with Gasteiger partial charge in [0.15, 0.2) is 11.6 Å². The van der Waals surface area contributed by atoms with Crippen molar-refractivity contribution in [1.82, 2.24) is 15.5 Å². The van der Waals surface area contributed by atoms with E-state index < -0.39 is 41.2 Å². The Bertz CT molecular complexity index is 695. The van der Waals surface area contributed by atoms with Gasteiger partial charge in [0, 0.05) is 12.6 Å². The van der Waals surface area contributed by atoms with Gasteiger partial charge in [-0.05, 0) is 25.5 Å². The summed E-state index contributed by atoms with van der Waals surface area (Å²) in [6.07, 6.45) is 0.243. The van der Waals surface area contributed by atoms with E-state index in [2.05, 4.69) is 10.6 Å². The van der Waals surface area contributed by atoms with Gasteiger partial charge < -0.3 is 15.5 Å². The Hall–Kier alpha value is -2.51. The predicted molar refractivity (Wildman–Crippen MR) is 75.3 cm³/mol. The summed E-state index contributed by atoms with van der Waals surface area (Å²) in [5.74, 6) is -3.59. The first kappa shape index (κ1) is 15.4. The van der Waals surface area contributed by atoms with Gasteiger partial charge in [-0.3, -0.25) is 14.4 Å². The summed E-state index contributed by atoms with van der Waals surface area (Å²) in [7, 11) is 0. The third-order valence-electron chi connectivity index (χ3n) is 4.15. The maximum Gasteiger partial charge on any atom is 0.254 e. The summed E-state index contributed by atoms with van der Waals surface area (Å²) >= 11 is 0. The molecule has 3 atom stereocenters. The molecule has 2 N–H and O–H groups in total. The number of fused-ring (bicyclic) bond motifs is 1. The molecular weight excluding hydrogens is 308 g/mol. The van der Waals surface area contributed by atoms with Gasteiger partial charge in [0.05, 0.1) is 5.56 Å². The topological polar surface area (TPSA) is 78.5 Å². The molecule has 2 saturated heterocycles. The summed E-state index contributed by atoms with van der Waals surface area (Å²) in [6, 6.07) is 1.61. The lowest BCUT2D eigenvalue weighted by Gasteiger charge is -2.32. The lowest BCUT2D eigenvalue weighted by Crippen LogP contribution is -2.60. The standard InChI is InChI=1S/C15H15F2N3O3/c1-7-15(23)20-6-8(5-11(20)14(22)18-7)19-13(21)9-3-2-4-10(16)12(9)17/h2-4,7-8,11H,5-6H2,1H3,(H,18,22)(H,19,21)/t7-,8+,11+/m1/s1. The predicted octanol–water partition coefficient (Wildman–Crippen LogP) is 0.182. The highest BCUT2D eigenvalue weighted by Crippen LogP contribution is 2.23. The largest absolute Gasteiger partial charge is 0.347 e. The molecule has 6 nitrogen and oxygen atoms in total. The molecule has 0 radical (unpaired) electrons. The van der Waals surface area contributed by atoms with Crippen LogP contribution in [0.25, 0.3) is 0 Å². The summed E-state index contributed by atoms with van der Waals surface area (Å²) in [6.45, 7) is 1.76. The zero-order chi connectivity index (χ0) is 16.7. The average molecular weight is 323 g/mol. The maximum absolute atomic E-state index is 13.6. The van der Waals surface area contributed by atoms with E-state index in [4.69, 9.17) is 0 Å². The van der Waals surface area contributed by atoms with E-state index in [0.29, 0.717) is 0 Å². The van der Waals surface area contributed by atoms with Gasteiger partial charge >= 0.3 is 0 Å². The van der Waals surface area contributed by atoms with Crippen LogP contribution >= 0.6 is 0 Å². The smallest absolute Gasteiger partial charge is 0.254 e. The second kappa shape index (κ2) is 5.60. The number of nitrogens with one attached hydrogen (secondary N) is 2. The highest BCUT2D eigenvalue weighted by molar-refractivity contribution is 5.98. The number of carbonyl (C=O) groups is 3. The number of halogens is 2. The zero-order valence-corrected chi connectivity index (χ0v) is 12.3. The van der Waals surface area contributed by atoms with E-state index in [0.717, 1.165) is 6.07 Å². The van der Waals surface area contributed by atoms with Crippen LogP contribution in [0.1, 0.15) is 23.7 Å². The van der Waals surface area contributed by atoms with Crippen molar-refractivity contribution in [2.75, 3.05) is 6.54 Å². The van der Waals surface area contributed by atoms with Crippen molar-refractivity contribution in [1.29, 1.82) is 0 Å². The Kier molecular flexibility index (Phi) is 3.75. The first-order valence-electron chi connectivity index (χ1n) is 7.24.